The number of benzene rings is 1. The number of nitro groups is 1. The monoisotopic (exact) mass is 258 g/mol. The molecule has 0 atom stereocenters. The van der Waals surface area contributed by atoms with Crippen LogP contribution >= 0.6 is 0 Å². The molecule has 0 saturated heterocycles. The highest BCUT2D eigenvalue weighted by Gasteiger charge is 2.07. The summed E-state index contributed by atoms with van der Waals surface area (Å²) in [5.74, 6) is 2.19. The molecule has 5 heteroatoms. The van der Waals surface area contributed by atoms with Crippen molar-refractivity contribution in [1.29, 1.82) is 0 Å². The van der Waals surface area contributed by atoms with Crippen molar-refractivity contribution in [2.45, 2.75) is 6.92 Å². The molecule has 19 heavy (non-hydrogen) atoms. The molecule has 0 aliphatic heterocycles. The highest BCUT2D eigenvalue weighted by Crippen LogP contribution is 2.14. The van der Waals surface area contributed by atoms with Crippen molar-refractivity contribution in [2.24, 2.45) is 0 Å². The Morgan fingerprint density at radius 1 is 1.58 bits per heavy atom. The van der Waals surface area contributed by atoms with Crippen molar-refractivity contribution < 1.29 is 9.72 Å². The van der Waals surface area contributed by atoms with E-state index in [0.717, 1.165) is 0 Å². The second kappa shape index (κ2) is 6.97. The smallest absolute Gasteiger partial charge is 0.270 e. The summed E-state index contributed by atoms with van der Waals surface area (Å²) in [5, 5.41) is 10.6. The lowest BCUT2D eigenvalue weighted by Crippen LogP contribution is -2.29. The molecule has 1 aromatic rings. The highest BCUT2D eigenvalue weighted by molar-refractivity contribution is 5.92. The molecule has 98 valence electrons. The molecule has 1 aromatic carbocycles. The molecule has 0 spiro atoms. The Morgan fingerprint density at radius 3 is 2.89 bits per heavy atom. The Kier molecular flexibility index (Phi) is 5.30. The van der Waals surface area contributed by atoms with Crippen LogP contribution < -0.4 is 0 Å². The fourth-order valence-corrected chi connectivity index (χ4v) is 1.47. The summed E-state index contributed by atoms with van der Waals surface area (Å²) >= 11 is 0. The molecule has 5 nitrogen and oxygen atoms in total. The van der Waals surface area contributed by atoms with Crippen LogP contribution in [0.25, 0.3) is 6.08 Å². The lowest BCUT2D eigenvalue weighted by Gasteiger charge is -2.15. The first-order valence-electron chi connectivity index (χ1n) is 5.73. The van der Waals surface area contributed by atoms with E-state index < -0.39 is 4.92 Å². The van der Waals surface area contributed by atoms with Crippen molar-refractivity contribution in [1.82, 2.24) is 4.90 Å². The van der Waals surface area contributed by atoms with Crippen molar-refractivity contribution in [3.63, 3.8) is 0 Å². The first kappa shape index (κ1) is 14.5. The van der Waals surface area contributed by atoms with Crippen LogP contribution in [-0.4, -0.2) is 28.8 Å². The Balaban J connectivity index is 2.81. The minimum Gasteiger partial charge on any atom is -0.328 e. The van der Waals surface area contributed by atoms with Gasteiger partial charge in [0.05, 0.1) is 11.5 Å². The molecule has 1 rings (SSSR count). The van der Waals surface area contributed by atoms with Gasteiger partial charge in [0.1, 0.15) is 0 Å². The van der Waals surface area contributed by atoms with Gasteiger partial charge in [0.25, 0.3) is 5.69 Å². The van der Waals surface area contributed by atoms with Gasteiger partial charge in [-0.15, -0.1) is 6.42 Å². The molecule has 0 N–H and O–H groups in total. The van der Waals surface area contributed by atoms with Crippen molar-refractivity contribution in [2.75, 3.05) is 13.1 Å². The lowest BCUT2D eigenvalue weighted by atomic mass is 10.2. The van der Waals surface area contributed by atoms with Crippen LogP contribution in [0.15, 0.2) is 30.3 Å². The first-order valence-corrected chi connectivity index (χ1v) is 5.73. The van der Waals surface area contributed by atoms with E-state index in [2.05, 4.69) is 5.92 Å². The molecule has 0 aromatic heterocycles. The molecule has 0 aliphatic carbocycles. The first-order chi connectivity index (χ1) is 9.08. The van der Waals surface area contributed by atoms with Crippen LogP contribution in [0.4, 0.5) is 5.69 Å². The van der Waals surface area contributed by atoms with E-state index in [-0.39, 0.29) is 18.1 Å². The van der Waals surface area contributed by atoms with Gasteiger partial charge in [-0.1, -0.05) is 18.1 Å². The molecule has 1 amide bonds. The summed E-state index contributed by atoms with van der Waals surface area (Å²) in [4.78, 5) is 23.4. The molecule has 0 heterocycles. The second-order valence-electron chi connectivity index (χ2n) is 3.74. The van der Waals surface area contributed by atoms with Crippen LogP contribution in [-0.2, 0) is 4.79 Å². The third-order valence-corrected chi connectivity index (χ3v) is 2.47. The summed E-state index contributed by atoms with van der Waals surface area (Å²) in [6, 6.07) is 6.06. The number of amides is 1. The zero-order valence-corrected chi connectivity index (χ0v) is 10.6. The summed E-state index contributed by atoms with van der Waals surface area (Å²) < 4.78 is 0. The molecule has 0 radical (unpaired) electrons. The highest BCUT2D eigenvalue weighted by atomic mass is 16.6. The molecule has 0 saturated carbocycles. The second-order valence-corrected chi connectivity index (χ2v) is 3.74. The maximum Gasteiger partial charge on any atom is 0.270 e. The van der Waals surface area contributed by atoms with Crippen molar-refractivity contribution in [3.05, 3.63) is 46.0 Å². The van der Waals surface area contributed by atoms with Gasteiger partial charge in [0.2, 0.25) is 5.91 Å². The number of nitrogens with zero attached hydrogens (tertiary/aromatic N) is 2. The van der Waals surface area contributed by atoms with Gasteiger partial charge in [0.15, 0.2) is 0 Å². The van der Waals surface area contributed by atoms with E-state index >= 15 is 0 Å². The molecule has 0 fully saturated rings. The molecule has 0 aliphatic rings. The van der Waals surface area contributed by atoms with Crippen LogP contribution in [0, 0.1) is 22.5 Å². The van der Waals surface area contributed by atoms with E-state index in [1.165, 1.54) is 29.2 Å². The van der Waals surface area contributed by atoms with E-state index in [1.807, 2.05) is 6.92 Å². The predicted octanol–water partition coefficient (Wildman–Crippen LogP) is 2.09. The van der Waals surface area contributed by atoms with E-state index in [0.29, 0.717) is 12.1 Å². The summed E-state index contributed by atoms with van der Waals surface area (Å²) in [6.07, 6.45) is 8.06. The summed E-state index contributed by atoms with van der Waals surface area (Å²) in [6.45, 7) is 2.59. The van der Waals surface area contributed by atoms with E-state index in [9.17, 15) is 14.9 Å². The number of carbonyl (C=O) groups excluding carboxylic acids is 1. The lowest BCUT2D eigenvalue weighted by molar-refractivity contribution is -0.384. The van der Waals surface area contributed by atoms with E-state index in [1.54, 1.807) is 12.1 Å². The van der Waals surface area contributed by atoms with Crippen molar-refractivity contribution >= 4 is 17.7 Å². The zero-order valence-electron chi connectivity index (χ0n) is 10.6. The normalized spacial score (nSPS) is 10.1. The number of hydrogen-bond donors (Lipinski definition) is 0. The van der Waals surface area contributed by atoms with Gasteiger partial charge in [-0.05, 0) is 18.6 Å². The van der Waals surface area contributed by atoms with Gasteiger partial charge in [-0.3, -0.25) is 14.9 Å². The van der Waals surface area contributed by atoms with Gasteiger partial charge in [0, 0.05) is 24.8 Å². The zero-order chi connectivity index (χ0) is 14.3. The number of terminal acetylenes is 1. The number of likely N-dealkylation sites (N-methyl/N-ethyl adjacent to an activating group) is 1. The average molecular weight is 258 g/mol. The number of carbonyl (C=O) groups is 1. The molecule has 0 unspecified atom stereocenters. The third-order valence-electron chi connectivity index (χ3n) is 2.47. The number of rotatable bonds is 5. The number of nitro benzene ring substituents is 1. The third kappa shape index (κ3) is 4.28. The largest absolute Gasteiger partial charge is 0.328 e. The fraction of sp³-hybridized carbons (Fsp3) is 0.214. The fourth-order valence-electron chi connectivity index (χ4n) is 1.47. The predicted molar refractivity (Wildman–Crippen MR) is 73.2 cm³/mol. The summed E-state index contributed by atoms with van der Waals surface area (Å²) in [5.41, 5.74) is 0.588. The van der Waals surface area contributed by atoms with Crippen LogP contribution in [0.3, 0.4) is 0 Å². The Labute approximate surface area is 111 Å². The van der Waals surface area contributed by atoms with Crippen LogP contribution in [0.1, 0.15) is 12.5 Å². The average Bonchev–Trinajstić information content (AvgIpc) is 2.42. The maximum atomic E-state index is 11.8. The van der Waals surface area contributed by atoms with Gasteiger partial charge in [-0.25, -0.2) is 0 Å². The molecular weight excluding hydrogens is 244 g/mol. The molecular formula is C14H14N2O3. The maximum absolute atomic E-state index is 11.8. The SMILES string of the molecule is C#CCN(CC)C(=O)/C=C/c1cccc([N+](=O)[O-])c1. The Hall–Kier alpha value is -2.61. The minimum atomic E-state index is -0.476. The van der Waals surface area contributed by atoms with Gasteiger partial charge < -0.3 is 4.90 Å². The molecule has 0 bridgehead atoms. The van der Waals surface area contributed by atoms with E-state index in [4.69, 9.17) is 6.42 Å². The van der Waals surface area contributed by atoms with Crippen molar-refractivity contribution in [3.8, 4) is 12.3 Å². The summed E-state index contributed by atoms with van der Waals surface area (Å²) in [7, 11) is 0. The number of hydrogen-bond acceptors (Lipinski definition) is 3. The Morgan fingerprint density at radius 2 is 2.32 bits per heavy atom. The number of non-ortho nitro benzene ring substituents is 1. The Bertz CT molecular complexity index is 544. The van der Waals surface area contributed by atoms with Gasteiger partial charge in [-0.2, -0.15) is 0 Å². The van der Waals surface area contributed by atoms with Crippen LogP contribution in [0.2, 0.25) is 0 Å². The van der Waals surface area contributed by atoms with Crippen LogP contribution in [0.5, 0.6) is 0 Å². The minimum absolute atomic E-state index is 0.00873. The quantitative estimate of drug-likeness (QED) is 0.351. The topological polar surface area (TPSA) is 63.5 Å². The van der Waals surface area contributed by atoms with Gasteiger partial charge >= 0.3 is 0 Å². The standard InChI is InChI=1S/C14H14N2O3/c1-3-10-15(4-2)14(17)9-8-12-6-5-7-13(11-12)16(18)19/h1,5-9,11H,4,10H2,2H3/b9-8+.